The van der Waals surface area contributed by atoms with Crippen LogP contribution < -0.4 is 15.4 Å². The highest BCUT2D eigenvalue weighted by Crippen LogP contribution is 2.39. The maximum absolute atomic E-state index is 13.0. The predicted octanol–water partition coefficient (Wildman–Crippen LogP) is 5.32. The number of halogens is 4. The van der Waals surface area contributed by atoms with Gasteiger partial charge in [0.05, 0.1) is 22.6 Å². The number of amides is 1. The van der Waals surface area contributed by atoms with Crippen LogP contribution in [-0.4, -0.2) is 61.0 Å². The topological polar surface area (TPSA) is 102 Å². The number of sulfone groups is 1. The molecule has 1 saturated carbocycles. The number of aromatic nitrogens is 2. The van der Waals surface area contributed by atoms with Crippen LogP contribution in [0.15, 0.2) is 18.2 Å². The largest absolute Gasteiger partial charge is 0.493 e. The van der Waals surface area contributed by atoms with Crippen LogP contribution in [-0.2, 0) is 16.4 Å². The molecule has 1 aliphatic carbocycles. The second kappa shape index (κ2) is 12.1. The van der Waals surface area contributed by atoms with Crippen LogP contribution in [0.3, 0.4) is 0 Å². The van der Waals surface area contributed by atoms with E-state index >= 15 is 0 Å². The van der Waals surface area contributed by atoms with Crippen molar-refractivity contribution in [2.45, 2.75) is 70.5 Å². The number of hydrogen-bond acceptors (Lipinski definition) is 6. The van der Waals surface area contributed by atoms with Gasteiger partial charge in [-0.15, -0.1) is 0 Å². The van der Waals surface area contributed by atoms with Crippen molar-refractivity contribution in [2.24, 2.45) is 5.92 Å². The zero-order valence-electron chi connectivity index (χ0n) is 21.9. The minimum absolute atomic E-state index is 0.0312. The van der Waals surface area contributed by atoms with Gasteiger partial charge in [-0.3, -0.25) is 9.48 Å². The minimum atomic E-state index is -4.41. The SMILES string of the molecule is CCOc1cc(N[C@H](C)C(F)(F)F)ccc1-c1c(Cl)c(C(=O)NCC2CCC(S(C)(=O)=O)CC2)nn1CC. The van der Waals surface area contributed by atoms with Crippen molar-refractivity contribution in [1.29, 1.82) is 0 Å². The molecule has 1 amide bonds. The Morgan fingerprint density at radius 3 is 2.45 bits per heavy atom. The number of carbonyl (C=O) groups is 1. The molecule has 1 heterocycles. The molecular formula is C25H34ClF3N4O4S. The Kier molecular flexibility index (Phi) is 9.62. The fraction of sp³-hybridized carbons (Fsp3) is 0.600. The van der Waals surface area contributed by atoms with Gasteiger partial charge in [0, 0.05) is 36.7 Å². The highest BCUT2D eigenvalue weighted by atomic mass is 35.5. The maximum atomic E-state index is 13.0. The highest BCUT2D eigenvalue weighted by molar-refractivity contribution is 7.91. The number of anilines is 1. The second-order valence-corrected chi connectivity index (χ2v) is 12.3. The van der Waals surface area contributed by atoms with Crippen LogP contribution in [0.25, 0.3) is 11.3 Å². The van der Waals surface area contributed by atoms with E-state index in [1.807, 2.05) is 6.92 Å². The van der Waals surface area contributed by atoms with Crippen molar-refractivity contribution in [3.63, 3.8) is 0 Å². The molecule has 1 fully saturated rings. The number of ether oxygens (including phenoxy) is 1. The van der Waals surface area contributed by atoms with Crippen LogP contribution >= 0.6 is 11.6 Å². The second-order valence-electron chi connectivity index (χ2n) is 9.56. The fourth-order valence-corrected chi connectivity index (χ4v) is 6.02. The van der Waals surface area contributed by atoms with Crippen LogP contribution in [0.2, 0.25) is 5.02 Å². The molecule has 0 bridgehead atoms. The molecule has 0 saturated heterocycles. The van der Waals surface area contributed by atoms with Crippen molar-refractivity contribution in [1.82, 2.24) is 15.1 Å². The monoisotopic (exact) mass is 578 g/mol. The van der Waals surface area contributed by atoms with Crippen molar-refractivity contribution >= 4 is 33.0 Å². The Morgan fingerprint density at radius 1 is 1.24 bits per heavy atom. The summed E-state index contributed by atoms with van der Waals surface area (Å²) >= 11 is 6.65. The third kappa shape index (κ3) is 7.13. The molecule has 212 valence electrons. The van der Waals surface area contributed by atoms with E-state index < -0.39 is 28.0 Å². The lowest BCUT2D eigenvalue weighted by atomic mass is 9.89. The van der Waals surface area contributed by atoms with E-state index in [0.717, 1.165) is 6.92 Å². The lowest BCUT2D eigenvalue weighted by molar-refractivity contribution is -0.138. The number of nitrogens with zero attached hydrogens (tertiary/aromatic N) is 2. The summed E-state index contributed by atoms with van der Waals surface area (Å²) in [6.07, 6.45) is -0.614. The Labute approximate surface area is 226 Å². The number of hydrogen-bond donors (Lipinski definition) is 2. The van der Waals surface area contributed by atoms with Crippen molar-refractivity contribution < 1.29 is 31.1 Å². The summed E-state index contributed by atoms with van der Waals surface area (Å²) in [6, 6.07) is 2.80. The van der Waals surface area contributed by atoms with E-state index in [2.05, 4.69) is 15.7 Å². The molecule has 1 atom stereocenters. The maximum Gasteiger partial charge on any atom is 0.408 e. The third-order valence-electron chi connectivity index (χ3n) is 6.77. The first-order chi connectivity index (χ1) is 17.8. The summed E-state index contributed by atoms with van der Waals surface area (Å²) in [7, 11) is -3.07. The van der Waals surface area contributed by atoms with Crippen molar-refractivity contribution in [2.75, 3.05) is 24.7 Å². The number of aryl methyl sites for hydroxylation is 1. The molecule has 3 rings (SSSR count). The van der Waals surface area contributed by atoms with Crippen LogP contribution in [0, 0.1) is 5.92 Å². The van der Waals surface area contributed by atoms with Gasteiger partial charge >= 0.3 is 6.18 Å². The molecule has 2 N–H and O–H groups in total. The quantitative estimate of drug-likeness (QED) is 0.396. The Morgan fingerprint density at radius 2 is 1.89 bits per heavy atom. The summed E-state index contributed by atoms with van der Waals surface area (Å²) < 4.78 is 69.9. The lowest BCUT2D eigenvalue weighted by Crippen LogP contribution is -2.34. The Balaban J connectivity index is 1.80. The van der Waals surface area contributed by atoms with E-state index in [1.165, 1.54) is 18.4 Å². The molecule has 0 radical (unpaired) electrons. The van der Waals surface area contributed by atoms with E-state index in [-0.39, 0.29) is 34.2 Å². The van der Waals surface area contributed by atoms with E-state index in [0.29, 0.717) is 55.8 Å². The first-order valence-electron chi connectivity index (χ1n) is 12.6. The average molecular weight is 579 g/mol. The molecular weight excluding hydrogens is 545 g/mol. The summed E-state index contributed by atoms with van der Waals surface area (Å²) in [4.78, 5) is 13.0. The third-order valence-corrected chi connectivity index (χ3v) is 8.81. The molecule has 1 aromatic heterocycles. The summed E-state index contributed by atoms with van der Waals surface area (Å²) in [5, 5.41) is 9.46. The number of carbonyl (C=O) groups excluding carboxylic acids is 1. The molecule has 0 aliphatic heterocycles. The van der Waals surface area contributed by atoms with E-state index in [9.17, 15) is 26.4 Å². The van der Waals surface area contributed by atoms with Crippen LogP contribution in [0.1, 0.15) is 56.9 Å². The van der Waals surface area contributed by atoms with E-state index in [4.69, 9.17) is 16.3 Å². The zero-order valence-corrected chi connectivity index (χ0v) is 23.4. The van der Waals surface area contributed by atoms with Crippen molar-refractivity contribution in [3.05, 3.63) is 28.9 Å². The van der Waals surface area contributed by atoms with Gasteiger partial charge in [0.15, 0.2) is 5.69 Å². The normalized spacial score (nSPS) is 19.2. The van der Waals surface area contributed by atoms with Gasteiger partial charge in [-0.1, -0.05) is 11.6 Å². The number of nitrogens with one attached hydrogen (secondary N) is 2. The Bertz CT molecular complexity index is 1240. The first-order valence-corrected chi connectivity index (χ1v) is 14.9. The van der Waals surface area contributed by atoms with Gasteiger partial charge < -0.3 is 15.4 Å². The number of alkyl halides is 3. The number of rotatable bonds is 10. The van der Waals surface area contributed by atoms with Gasteiger partial charge in [-0.2, -0.15) is 18.3 Å². The van der Waals surface area contributed by atoms with Gasteiger partial charge in [0.2, 0.25) is 0 Å². The summed E-state index contributed by atoms with van der Waals surface area (Å²) in [6.45, 7) is 5.63. The van der Waals surface area contributed by atoms with Gasteiger partial charge in [0.25, 0.3) is 5.91 Å². The molecule has 0 spiro atoms. The molecule has 1 aromatic carbocycles. The standard InChI is InChI=1S/C25H34ClF3N4O4S/c1-5-33-23(19-12-9-17(13-20(19)37-6-2)31-15(3)25(27,28)29)21(26)22(32-33)24(34)30-14-16-7-10-18(11-8-16)38(4,35)36/h9,12-13,15-16,18,31H,5-8,10-11,14H2,1-4H3,(H,30,34)/t15-,16?,18?/m1/s1. The number of benzene rings is 1. The highest BCUT2D eigenvalue weighted by Gasteiger charge is 2.36. The molecule has 8 nitrogen and oxygen atoms in total. The van der Waals surface area contributed by atoms with Crippen molar-refractivity contribution in [3.8, 4) is 17.0 Å². The summed E-state index contributed by atoms with van der Waals surface area (Å²) in [5.41, 5.74) is 1.18. The van der Waals surface area contributed by atoms with Crippen LogP contribution in [0.4, 0.5) is 18.9 Å². The van der Waals surface area contributed by atoms with Gasteiger partial charge in [-0.05, 0) is 64.5 Å². The summed E-state index contributed by atoms with van der Waals surface area (Å²) in [5.74, 6) is 0.00838. The predicted molar refractivity (Wildman–Crippen MR) is 142 cm³/mol. The van der Waals surface area contributed by atoms with Gasteiger partial charge in [0.1, 0.15) is 21.6 Å². The molecule has 2 aromatic rings. The first kappa shape index (κ1) is 30.1. The van der Waals surface area contributed by atoms with Gasteiger partial charge in [-0.25, -0.2) is 8.42 Å². The smallest absolute Gasteiger partial charge is 0.408 e. The van der Waals surface area contributed by atoms with Crippen LogP contribution in [0.5, 0.6) is 5.75 Å². The molecule has 0 unspecified atom stereocenters. The average Bonchev–Trinajstić information content (AvgIpc) is 3.18. The minimum Gasteiger partial charge on any atom is -0.493 e. The Hall–Kier alpha value is -2.47. The molecule has 13 heteroatoms. The molecule has 1 aliphatic rings. The zero-order chi connectivity index (χ0) is 28.3. The molecule has 38 heavy (non-hydrogen) atoms. The fourth-order valence-electron chi connectivity index (χ4n) is 4.57. The van der Waals surface area contributed by atoms with E-state index in [1.54, 1.807) is 17.7 Å². The lowest BCUT2D eigenvalue weighted by Gasteiger charge is -2.27.